The van der Waals surface area contributed by atoms with E-state index in [1.165, 1.54) is 12.8 Å². The van der Waals surface area contributed by atoms with Gasteiger partial charge in [-0.1, -0.05) is 6.07 Å². The Balaban J connectivity index is 1.72. The third-order valence-electron chi connectivity index (χ3n) is 3.90. The molecular formula is C15H20N4O. The van der Waals surface area contributed by atoms with Crippen LogP contribution in [0.3, 0.4) is 0 Å². The van der Waals surface area contributed by atoms with Gasteiger partial charge in [-0.3, -0.25) is 21.2 Å². The summed E-state index contributed by atoms with van der Waals surface area (Å²) in [5.74, 6) is 5.71. The monoisotopic (exact) mass is 272 g/mol. The minimum Gasteiger partial charge on any atom is -0.378 e. The van der Waals surface area contributed by atoms with Gasteiger partial charge in [-0.05, 0) is 43.4 Å². The van der Waals surface area contributed by atoms with Crippen molar-refractivity contribution in [2.75, 3.05) is 6.61 Å². The number of aromatic nitrogens is 2. The molecule has 2 atom stereocenters. The minimum atomic E-state index is 0.130. The molecule has 1 aliphatic heterocycles. The van der Waals surface area contributed by atoms with Gasteiger partial charge in [0.15, 0.2) is 0 Å². The van der Waals surface area contributed by atoms with Crippen molar-refractivity contribution >= 4 is 11.0 Å². The molecule has 3 rings (SSSR count). The fourth-order valence-corrected chi connectivity index (χ4v) is 2.77. The summed E-state index contributed by atoms with van der Waals surface area (Å²) in [6.07, 6.45) is 8.16. The third-order valence-corrected chi connectivity index (χ3v) is 3.90. The number of nitrogens with zero attached hydrogens (tertiary/aromatic N) is 2. The zero-order chi connectivity index (χ0) is 13.8. The van der Waals surface area contributed by atoms with E-state index in [0.717, 1.165) is 36.0 Å². The molecule has 2 heterocycles. The summed E-state index contributed by atoms with van der Waals surface area (Å²) >= 11 is 0. The van der Waals surface area contributed by atoms with Crippen molar-refractivity contribution < 1.29 is 4.74 Å². The molecule has 0 bridgehead atoms. The van der Waals surface area contributed by atoms with Crippen molar-refractivity contribution in [1.29, 1.82) is 0 Å². The second-order valence-electron chi connectivity index (χ2n) is 5.24. The van der Waals surface area contributed by atoms with Crippen LogP contribution in [0.4, 0.5) is 0 Å². The fourth-order valence-electron chi connectivity index (χ4n) is 2.77. The molecule has 20 heavy (non-hydrogen) atoms. The minimum absolute atomic E-state index is 0.130. The summed E-state index contributed by atoms with van der Waals surface area (Å²) in [6, 6.07) is 6.25. The summed E-state index contributed by atoms with van der Waals surface area (Å²) in [6.45, 7) is 0.900. The number of hydrogen-bond acceptors (Lipinski definition) is 5. The molecule has 0 amide bonds. The molecule has 0 radical (unpaired) electrons. The van der Waals surface area contributed by atoms with Crippen LogP contribution in [0.5, 0.6) is 0 Å². The Kier molecular flexibility index (Phi) is 4.20. The number of hydrazine groups is 1. The maximum atomic E-state index is 5.71. The van der Waals surface area contributed by atoms with Crippen LogP contribution in [-0.4, -0.2) is 22.7 Å². The largest absolute Gasteiger partial charge is 0.378 e. The lowest BCUT2D eigenvalue weighted by molar-refractivity contribution is 0.0996. The van der Waals surface area contributed by atoms with Crippen LogP contribution < -0.4 is 11.3 Å². The Hall–Kier alpha value is -1.56. The highest BCUT2D eigenvalue weighted by Gasteiger charge is 2.18. The first-order valence-corrected chi connectivity index (χ1v) is 7.15. The Morgan fingerprint density at radius 2 is 2.15 bits per heavy atom. The zero-order valence-corrected chi connectivity index (χ0v) is 11.5. The smallest absolute Gasteiger partial charge is 0.0890 e. The highest BCUT2D eigenvalue weighted by Crippen LogP contribution is 2.25. The van der Waals surface area contributed by atoms with Crippen molar-refractivity contribution in [2.24, 2.45) is 5.84 Å². The van der Waals surface area contributed by atoms with Gasteiger partial charge in [0.1, 0.15) is 0 Å². The van der Waals surface area contributed by atoms with Crippen LogP contribution in [0, 0.1) is 0 Å². The van der Waals surface area contributed by atoms with E-state index in [2.05, 4.69) is 27.5 Å². The van der Waals surface area contributed by atoms with Gasteiger partial charge < -0.3 is 4.74 Å². The molecule has 1 fully saturated rings. The predicted molar refractivity (Wildman–Crippen MR) is 77.8 cm³/mol. The van der Waals surface area contributed by atoms with E-state index in [-0.39, 0.29) is 6.04 Å². The van der Waals surface area contributed by atoms with Crippen LogP contribution in [0.2, 0.25) is 0 Å². The Labute approximate surface area is 118 Å². The van der Waals surface area contributed by atoms with Crippen molar-refractivity contribution in [1.82, 2.24) is 15.4 Å². The molecule has 1 aromatic carbocycles. The third kappa shape index (κ3) is 2.95. The Bertz CT molecular complexity index is 569. The topological polar surface area (TPSA) is 73.1 Å². The van der Waals surface area contributed by atoms with Crippen LogP contribution >= 0.6 is 0 Å². The Morgan fingerprint density at radius 1 is 1.30 bits per heavy atom. The summed E-state index contributed by atoms with van der Waals surface area (Å²) in [7, 11) is 0. The molecule has 1 saturated heterocycles. The van der Waals surface area contributed by atoms with Crippen LogP contribution in [-0.2, 0) is 4.74 Å². The molecule has 2 aromatic rings. The van der Waals surface area contributed by atoms with Crippen LogP contribution in [0.1, 0.15) is 37.3 Å². The lowest BCUT2D eigenvalue weighted by atomic mass is 9.99. The van der Waals surface area contributed by atoms with E-state index in [9.17, 15) is 0 Å². The van der Waals surface area contributed by atoms with Crippen molar-refractivity contribution in [3.05, 3.63) is 36.2 Å². The average molecular weight is 272 g/mol. The SMILES string of the molecule is NNC(CCC1CCCO1)c1ccc2nccnc2c1. The summed E-state index contributed by atoms with van der Waals surface area (Å²) < 4.78 is 5.66. The lowest BCUT2D eigenvalue weighted by Crippen LogP contribution is -2.28. The summed E-state index contributed by atoms with van der Waals surface area (Å²) in [5, 5.41) is 0. The van der Waals surface area contributed by atoms with Gasteiger partial charge in [-0.15, -0.1) is 0 Å². The number of nitrogens with one attached hydrogen (secondary N) is 1. The first kappa shape index (κ1) is 13.4. The van der Waals surface area contributed by atoms with E-state index in [4.69, 9.17) is 10.6 Å². The molecule has 2 unspecified atom stereocenters. The number of fused-ring (bicyclic) bond motifs is 1. The molecule has 1 aromatic heterocycles. The Morgan fingerprint density at radius 3 is 2.90 bits per heavy atom. The van der Waals surface area contributed by atoms with E-state index >= 15 is 0 Å². The first-order valence-electron chi connectivity index (χ1n) is 7.15. The summed E-state index contributed by atoms with van der Waals surface area (Å²) in [4.78, 5) is 8.62. The quantitative estimate of drug-likeness (QED) is 0.644. The second kappa shape index (κ2) is 6.26. The molecule has 0 saturated carbocycles. The van der Waals surface area contributed by atoms with Gasteiger partial charge in [0, 0.05) is 25.0 Å². The number of rotatable bonds is 5. The lowest BCUT2D eigenvalue weighted by Gasteiger charge is -2.18. The molecule has 5 heteroatoms. The van der Waals surface area contributed by atoms with Gasteiger partial charge in [0.25, 0.3) is 0 Å². The van der Waals surface area contributed by atoms with Gasteiger partial charge in [-0.2, -0.15) is 0 Å². The van der Waals surface area contributed by atoms with Gasteiger partial charge in [0.2, 0.25) is 0 Å². The maximum absolute atomic E-state index is 5.71. The van der Waals surface area contributed by atoms with Gasteiger partial charge in [0.05, 0.1) is 17.1 Å². The maximum Gasteiger partial charge on any atom is 0.0890 e. The molecule has 0 spiro atoms. The number of ether oxygens (including phenoxy) is 1. The number of nitrogens with two attached hydrogens (primary N) is 1. The summed E-state index contributed by atoms with van der Waals surface area (Å²) in [5.41, 5.74) is 5.87. The van der Waals surface area contributed by atoms with E-state index < -0.39 is 0 Å². The van der Waals surface area contributed by atoms with Crippen molar-refractivity contribution in [2.45, 2.75) is 37.8 Å². The van der Waals surface area contributed by atoms with E-state index in [1.54, 1.807) is 12.4 Å². The second-order valence-corrected chi connectivity index (χ2v) is 5.24. The van der Waals surface area contributed by atoms with Crippen molar-refractivity contribution in [3.8, 4) is 0 Å². The molecule has 0 aliphatic carbocycles. The fraction of sp³-hybridized carbons (Fsp3) is 0.467. The molecular weight excluding hydrogens is 252 g/mol. The highest BCUT2D eigenvalue weighted by atomic mass is 16.5. The highest BCUT2D eigenvalue weighted by molar-refractivity contribution is 5.74. The zero-order valence-electron chi connectivity index (χ0n) is 11.5. The molecule has 106 valence electrons. The predicted octanol–water partition coefficient (Wildman–Crippen LogP) is 2.09. The molecule has 3 N–H and O–H groups in total. The molecule has 5 nitrogen and oxygen atoms in total. The first-order chi connectivity index (χ1) is 9.86. The molecule has 1 aliphatic rings. The van der Waals surface area contributed by atoms with Gasteiger partial charge >= 0.3 is 0 Å². The number of hydrogen-bond donors (Lipinski definition) is 2. The van der Waals surface area contributed by atoms with E-state index in [0.29, 0.717) is 6.10 Å². The standard InChI is InChI=1S/C15H20N4O/c16-19-13(6-4-12-2-1-9-20-12)11-3-5-14-15(10-11)18-8-7-17-14/h3,5,7-8,10,12-13,19H,1-2,4,6,9,16H2. The average Bonchev–Trinajstić information content (AvgIpc) is 3.01. The number of benzene rings is 1. The van der Waals surface area contributed by atoms with Gasteiger partial charge in [-0.25, -0.2) is 0 Å². The van der Waals surface area contributed by atoms with E-state index in [1.807, 2.05) is 6.07 Å². The van der Waals surface area contributed by atoms with Crippen LogP contribution in [0.25, 0.3) is 11.0 Å². The van der Waals surface area contributed by atoms with Crippen molar-refractivity contribution in [3.63, 3.8) is 0 Å². The van der Waals surface area contributed by atoms with Crippen LogP contribution in [0.15, 0.2) is 30.6 Å². The normalized spacial score (nSPS) is 20.4.